The minimum atomic E-state index is -0.518. The maximum atomic E-state index is 12.0. The lowest BCUT2D eigenvalue weighted by Crippen LogP contribution is -2.43. The molecule has 2 aromatic carbocycles. The Morgan fingerprint density at radius 2 is 1.65 bits per heavy atom. The average Bonchev–Trinajstić information content (AvgIpc) is 2.64. The van der Waals surface area contributed by atoms with Gasteiger partial charge >= 0.3 is 0 Å². The predicted molar refractivity (Wildman–Crippen MR) is 94.8 cm³/mol. The fraction of sp³-hybridized carbons (Fsp3) is 0.167. The molecule has 0 aliphatic rings. The van der Waals surface area contributed by atoms with Crippen molar-refractivity contribution in [2.45, 2.75) is 6.92 Å². The van der Waals surface area contributed by atoms with Crippen molar-refractivity contribution in [2.24, 2.45) is 0 Å². The number of hydrogen-bond donors (Lipinski definition) is 3. The minimum Gasteiger partial charge on any atom is -0.497 e. The van der Waals surface area contributed by atoms with E-state index in [-0.39, 0.29) is 12.5 Å². The van der Waals surface area contributed by atoms with E-state index in [0.29, 0.717) is 22.7 Å². The topological polar surface area (TPSA) is 106 Å². The fourth-order valence-corrected chi connectivity index (χ4v) is 1.98. The van der Waals surface area contributed by atoms with Crippen LogP contribution < -0.4 is 25.6 Å². The Balaban J connectivity index is 1.79. The number of carbonyl (C=O) groups is 3. The van der Waals surface area contributed by atoms with Gasteiger partial charge in [0.1, 0.15) is 11.5 Å². The molecule has 0 fully saturated rings. The predicted octanol–water partition coefficient (Wildman–Crippen LogP) is 1.49. The summed E-state index contributed by atoms with van der Waals surface area (Å²) in [6, 6.07) is 13.0. The molecular formula is C18H19N3O5. The van der Waals surface area contributed by atoms with Gasteiger partial charge in [-0.05, 0) is 36.4 Å². The molecular weight excluding hydrogens is 338 g/mol. The highest BCUT2D eigenvalue weighted by atomic mass is 16.5. The molecule has 0 spiro atoms. The Bertz CT molecular complexity index is 790. The molecule has 0 atom stereocenters. The third-order valence-corrected chi connectivity index (χ3v) is 3.19. The van der Waals surface area contributed by atoms with Crippen LogP contribution in [-0.2, 0) is 9.59 Å². The molecule has 0 saturated heterocycles. The molecule has 2 rings (SSSR count). The molecule has 0 saturated carbocycles. The maximum absolute atomic E-state index is 12.0. The van der Waals surface area contributed by atoms with E-state index in [2.05, 4.69) is 16.2 Å². The Morgan fingerprint density at radius 3 is 2.31 bits per heavy atom. The molecule has 2 aromatic rings. The van der Waals surface area contributed by atoms with E-state index in [9.17, 15) is 14.4 Å². The van der Waals surface area contributed by atoms with E-state index in [4.69, 9.17) is 9.47 Å². The van der Waals surface area contributed by atoms with Crippen molar-refractivity contribution in [3.05, 3.63) is 54.1 Å². The number of anilines is 1. The van der Waals surface area contributed by atoms with E-state index in [1.165, 1.54) is 26.2 Å². The van der Waals surface area contributed by atoms with Crippen LogP contribution in [-0.4, -0.2) is 31.4 Å². The molecule has 3 amide bonds. The van der Waals surface area contributed by atoms with Gasteiger partial charge in [-0.1, -0.05) is 6.07 Å². The van der Waals surface area contributed by atoms with Gasteiger partial charge in [0, 0.05) is 24.2 Å². The zero-order valence-electron chi connectivity index (χ0n) is 14.4. The molecule has 0 radical (unpaired) electrons. The SMILES string of the molecule is COc1cccc(OCC(=O)NNC(=O)c2ccc(NC(C)=O)cc2)c1. The van der Waals surface area contributed by atoms with Gasteiger partial charge in [-0.2, -0.15) is 0 Å². The lowest BCUT2D eigenvalue weighted by molar-refractivity contribution is -0.123. The summed E-state index contributed by atoms with van der Waals surface area (Å²) in [5.41, 5.74) is 5.45. The van der Waals surface area contributed by atoms with Crippen LogP contribution in [0.4, 0.5) is 5.69 Å². The van der Waals surface area contributed by atoms with Crippen molar-refractivity contribution in [3.63, 3.8) is 0 Å². The van der Waals surface area contributed by atoms with Crippen molar-refractivity contribution in [1.82, 2.24) is 10.9 Å². The molecule has 8 nitrogen and oxygen atoms in total. The first-order valence-corrected chi connectivity index (χ1v) is 7.71. The highest BCUT2D eigenvalue weighted by Gasteiger charge is 2.08. The van der Waals surface area contributed by atoms with Gasteiger partial charge in [0.25, 0.3) is 11.8 Å². The third kappa shape index (κ3) is 5.82. The molecule has 0 unspecified atom stereocenters. The van der Waals surface area contributed by atoms with Gasteiger partial charge < -0.3 is 14.8 Å². The first-order valence-electron chi connectivity index (χ1n) is 7.71. The van der Waals surface area contributed by atoms with E-state index in [1.807, 2.05) is 0 Å². The normalized spacial score (nSPS) is 9.77. The number of ether oxygens (including phenoxy) is 2. The number of benzene rings is 2. The molecule has 8 heteroatoms. The van der Waals surface area contributed by atoms with E-state index in [1.54, 1.807) is 36.4 Å². The van der Waals surface area contributed by atoms with Gasteiger partial charge in [0.15, 0.2) is 6.61 Å². The van der Waals surface area contributed by atoms with Crippen molar-refractivity contribution in [2.75, 3.05) is 19.0 Å². The van der Waals surface area contributed by atoms with E-state index in [0.717, 1.165) is 0 Å². The van der Waals surface area contributed by atoms with Crippen LogP contribution in [0.3, 0.4) is 0 Å². The lowest BCUT2D eigenvalue weighted by Gasteiger charge is -2.10. The summed E-state index contributed by atoms with van der Waals surface area (Å²) in [6.45, 7) is 1.12. The second-order valence-corrected chi connectivity index (χ2v) is 5.23. The van der Waals surface area contributed by atoms with Gasteiger partial charge in [-0.15, -0.1) is 0 Å². The Morgan fingerprint density at radius 1 is 0.962 bits per heavy atom. The average molecular weight is 357 g/mol. The largest absolute Gasteiger partial charge is 0.497 e. The summed E-state index contributed by atoms with van der Waals surface area (Å²) >= 11 is 0. The molecule has 3 N–H and O–H groups in total. The number of carbonyl (C=O) groups excluding carboxylic acids is 3. The summed E-state index contributed by atoms with van der Waals surface area (Å²) < 4.78 is 10.4. The second-order valence-electron chi connectivity index (χ2n) is 5.23. The maximum Gasteiger partial charge on any atom is 0.276 e. The molecule has 0 aromatic heterocycles. The quantitative estimate of drug-likeness (QED) is 0.679. The Kier molecular flexibility index (Phi) is 6.55. The van der Waals surface area contributed by atoms with Gasteiger partial charge in [0.05, 0.1) is 7.11 Å². The lowest BCUT2D eigenvalue weighted by atomic mass is 10.2. The minimum absolute atomic E-state index is 0.203. The molecule has 0 heterocycles. The highest BCUT2D eigenvalue weighted by Crippen LogP contribution is 2.18. The molecule has 0 bridgehead atoms. The van der Waals surface area contributed by atoms with Gasteiger partial charge in [-0.25, -0.2) is 0 Å². The number of nitrogens with one attached hydrogen (secondary N) is 3. The van der Waals surface area contributed by atoms with Crippen LogP contribution >= 0.6 is 0 Å². The van der Waals surface area contributed by atoms with Crippen LogP contribution in [0.15, 0.2) is 48.5 Å². The van der Waals surface area contributed by atoms with Crippen molar-refractivity contribution < 1.29 is 23.9 Å². The van der Waals surface area contributed by atoms with Gasteiger partial charge in [0.2, 0.25) is 5.91 Å². The Labute approximate surface area is 150 Å². The van der Waals surface area contributed by atoms with Crippen molar-refractivity contribution in [3.8, 4) is 11.5 Å². The third-order valence-electron chi connectivity index (χ3n) is 3.19. The summed E-state index contributed by atoms with van der Waals surface area (Å²) in [7, 11) is 1.53. The summed E-state index contributed by atoms with van der Waals surface area (Å²) in [6.07, 6.45) is 0. The van der Waals surface area contributed by atoms with Gasteiger partial charge in [-0.3, -0.25) is 25.2 Å². The highest BCUT2D eigenvalue weighted by molar-refractivity contribution is 5.96. The number of rotatable bonds is 6. The van der Waals surface area contributed by atoms with Crippen molar-refractivity contribution in [1.29, 1.82) is 0 Å². The molecule has 0 aliphatic carbocycles. The zero-order chi connectivity index (χ0) is 18.9. The monoisotopic (exact) mass is 357 g/mol. The number of methoxy groups -OCH3 is 1. The summed E-state index contributed by atoms with van der Waals surface area (Å²) in [5, 5.41) is 2.60. The van der Waals surface area contributed by atoms with Crippen LogP contribution in [0.25, 0.3) is 0 Å². The van der Waals surface area contributed by atoms with Crippen LogP contribution in [0.1, 0.15) is 17.3 Å². The molecule has 0 aliphatic heterocycles. The fourth-order valence-electron chi connectivity index (χ4n) is 1.98. The van der Waals surface area contributed by atoms with E-state index >= 15 is 0 Å². The zero-order valence-corrected chi connectivity index (χ0v) is 14.4. The summed E-state index contributed by atoms with van der Waals surface area (Å²) in [5.74, 6) is -0.131. The standard InChI is InChI=1S/C18H19N3O5/c1-12(22)19-14-8-6-13(7-9-14)18(24)21-20-17(23)11-26-16-5-3-4-15(10-16)25-2/h3-10H,11H2,1-2H3,(H,19,22)(H,20,23)(H,21,24). The Hall–Kier alpha value is -3.55. The second kappa shape index (κ2) is 9.07. The van der Waals surface area contributed by atoms with Crippen LogP contribution in [0.5, 0.6) is 11.5 Å². The first-order chi connectivity index (χ1) is 12.5. The van der Waals surface area contributed by atoms with Crippen LogP contribution in [0.2, 0.25) is 0 Å². The smallest absolute Gasteiger partial charge is 0.276 e. The summed E-state index contributed by atoms with van der Waals surface area (Å²) in [4.78, 5) is 34.7. The number of hydrazine groups is 1. The first kappa shape index (κ1) is 18.8. The number of amides is 3. The number of hydrogen-bond acceptors (Lipinski definition) is 5. The molecule has 136 valence electrons. The molecule has 26 heavy (non-hydrogen) atoms. The van der Waals surface area contributed by atoms with Crippen molar-refractivity contribution >= 4 is 23.4 Å². The van der Waals surface area contributed by atoms with E-state index < -0.39 is 11.8 Å². The van der Waals surface area contributed by atoms with Crippen LogP contribution in [0, 0.1) is 0 Å².